The van der Waals surface area contributed by atoms with Gasteiger partial charge >= 0.3 is 0 Å². The van der Waals surface area contributed by atoms with E-state index < -0.39 is 0 Å². The van der Waals surface area contributed by atoms with Gasteiger partial charge in [-0.05, 0) is 18.2 Å². The van der Waals surface area contributed by atoms with E-state index in [4.69, 9.17) is 23.2 Å². The van der Waals surface area contributed by atoms with Gasteiger partial charge in [-0.2, -0.15) is 0 Å². The van der Waals surface area contributed by atoms with E-state index in [1.807, 2.05) is 0 Å². The summed E-state index contributed by atoms with van der Waals surface area (Å²) in [7, 11) is 0. The highest BCUT2D eigenvalue weighted by Crippen LogP contribution is 2.24. The first-order chi connectivity index (χ1) is 5.24. The summed E-state index contributed by atoms with van der Waals surface area (Å²) in [6.45, 7) is 0. The van der Waals surface area contributed by atoms with E-state index in [2.05, 4.69) is 17.5 Å². The molecule has 0 spiro atoms. The molecule has 0 aromatic heterocycles. The molecule has 0 aliphatic carbocycles. The predicted octanol–water partition coefficient (Wildman–Crippen LogP) is 3.36. The molecule has 58 valence electrons. The van der Waals surface area contributed by atoms with Crippen LogP contribution in [0.15, 0.2) is 18.2 Å². The number of benzene rings is 1. The third-order valence-electron chi connectivity index (χ3n) is 1.14. The van der Waals surface area contributed by atoms with E-state index in [9.17, 15) is 0 Å². The fraction of sp³-hybridized carbons (Fsp3) is 0. The van der Waals surface area contributed by atoms with Crippen molar-refractivity contribution in [2.75, 3.05) is 5.32 Å². The summed E-state index contributed by atoms with van der Waals surface area (Å²) >= 11 is 16.1. The van der Waals surface area contributed by atoms with E-state index in [1.165, 1.54) is 5.49 Å². The highest BCUT2D eigenvalue weighted by Gasteiger charge is 1.97. The maximum atomic E-state index is 5.79. The Bertz CT molecular complexity index is 275. The van der Waals surface area contributed by atoms with Crippen molar-refractivity contribution < 1.29 is 0 Å². The van der Waals surface area contributed by atoms with E-state index >= 15 is 0 Å². The number of rotatable bonds is 2. The predicted molar refractivity (Wildman–Crippen MR) is 53.7 cm³/mol. The number of thiocarbonyl (C=S) groups is 1. The van der Waals surface area contributed by atoms with E-state index in [1.54, 1.807) is 18.2 Å². The molecule has 0 aliphatic rings. The Morgan fingerprint density at radius 3 is 2.73 bits per heavy atom. The van der Waals surface area contributed by atoms with Gasteiger partial charge in [0.05, 0.1) is 16.2 Å². The van der Waals surface area contributed by atoms with Gasteiger partial charge in [-0.25, -0.2) is 0 Å². The highest BCUT2D eigenvalue weighted by atomic mass is 35.5. The van der Waals surface area contributed by atoms with Gasteiger partial charge in [0.2, 0.25) is 0 Å². The monoisotopic (exact) mass is 205 g/mol. The van der Waals surface area contributed by atoms with Gasteiger partial charge in [-0.15, -0.1) is 0 Å². The van der Waals surface area contributed by atoms with Crippen molar-refractivity contribution >= 4 is 46.6 Å². The SMILES string of the molecule is S=CNc1cc(Cl)ccc1Cl. The summed E-state index contributed by atoms with van der Waals surface area (Å²) in [5.41, 5.74) is 2.12. The summed E-state index contributed by atoms with van der Waals surface area (Å²) in [5.74, 6) is 0. The Kier molecular flexibility index (Phi) is 3.12. The smallest absolute Gasteiger partial charge is 0.0659 e. The quantitative estimate of drug-likeness (QED) is 0.744. The van der Waals surface area contributed by atoms with Crippen LogP contribution in [0.25, 0.3) is 0 Å². The third-order valence-corrected chi connectivity index (χ3v) is 1.83. The van der Waals surface area contributed by atoms with Crippen molar-refractivity contribution in [3.05, 3.63) is 28.2 Å². The van der Waals surface area contributed by atoms with Gasteiger partial charge < -0.3 is 5.32 Å². The van der Waals surface area contributed by atoms with Crippen molar-refractivity contribution in [1.29, 1.82) is 0 Å². The highest BCUT2D eigenvalue weighted by molar-refractivity contribution is 7.79. The zero-order chi connectivity index (χ0) is 8.27. The number of anilines is 1. The van der Waals surface area contributed by atoms with Gasteiger partial charge in [0, 0.05) is 5.02 Å². The topological polar surface area (TPSA) is 12.0 Å². The fourth-order valence-electron chi connectivity index (χ4n) is 0.672. The number of halogens is 2. The Hall–Kier alpha value is -0.310. The average Bonchev–Trinajstić information content (AvgIpc) is 1.98. The van der Waals surface area contributed by atoms with Crippen LogP contribution in [-0.4, -0.2) is 5.49 Å². The molecule has 11 heavy (non-hydrogen) atoms. The molecule has 1 nitrogen and oxygen atoms in total. The Balaban J connectivity index is 3.01. The standard InChI is InChI=1S/C7H5Cl2NS/c8-5-1-2-6(9)7(3-5)10-4-11/h1-4H,(H,10,11). The lowest BCUT2D eigenvalue weighted by Crippen LogP contribution is -1.91. The molecule has 1 aromatic carbocycles. The van der Waals surface area contributed by atoms with E-state index in [0.717, 1.165) is 5.69 Å². The Morgan fingerprint density at radius 1 is 1.36 bits per heavy atom. The number of hydrogen-bond acceptors (Lipinski definition) is 1. The van der Waals surface area contributed by atoms with Crippen LogP contribution in [0.5, 0.6) is 0 Å². The van der Waals surface area contributed by atoms with Gasteiger partial charge in [0.25, 0.3) is 0 Å². The fourth-order valence-corrected chi connectivity index (χ4v) is 1.14. The summed E-state index contributed by atoms with van der Waals surface area (Å²) in [5, 5.41) is 4.03. The Labute approximate surface area is 80.3 Å². The van der Waals surface area contributed by atoms with Crippen LogP contribution in [0.1, 0.15) is 0 Å². The molecule has 0 bridgehead atoms. The van der Waals surface area contributed by atoms with Crippen molar-refractivity contribution in [1.82, 2.24) is 0 Å². The lowest BCUT2D eigenvalue weighted by molar-refractivity contribution is 1.66. The molecule has 0 heterocycles. The zero-order valence-corrected chi connectivity index (χ0v) is 7.80. The second-order valence-electron chi connectivity index (χ2n) is 1.89. The molecule has 0 unspecified atom stereocenters. The molecule has 1 rings (SSSR count). The molecule has 0 saturated carbocycles. The van der Waals surface area contributed by atoms with Gasteiger partial charge in [0.1, 0.15) is 0 Å². The second-order valence-corrected chi connectivity index (χ2v) is 2.97. The van der Waals surface area contributed by atoms with E-state index in [-0.39, 0.29) is 0 Å². The molecule has 0 radical (unpaired) electrons. The number of nitrogens with one attached hydrogen (secondary N) is 1. The van der Waals surface area contributed by atoms with Crippen LogP contribution in [0.2, 0.25) is 10.0 Å². The third kappa shape index (κ3) is 2.33. The van der Waals surface area contributed by atoms with Gasteiger partial charge in [0.15, 0.2) is 0 Å². The Morgan fingerprint density at radius 2 is 2.09 bits per heavy atom. The summed E-state index contributed by atoms with van der Waals surface area (Å²) in [6.07, 6.45) is 0. The van der Waals surface area contributed by atoms with Crippen LogP contribution in [0.3, 0.4) is 0 Å². The molecule has 0 atom stereocenters. The minimum absolute atomic E-state index is 0.607. The second kappa shape index (κ2) is 3.90. The van der Waals surface area contributed by atoms with Gasteiger partial charge in [-0.3, -0.25) is 0 Å². The average molecular weight is 206 g/mol. The van der Waals surface area contributed by atoms with E-state index in [0.29, 0.717) is 10.0 Å². The minimum Gasteiger partial charge on any atom is -0.351 e. The van der Waals surface area contributed by atoms with Crippen LogP contribution in [0.4, 0.5) is 5.69 Å². The summed E-state index contributed by atoms with van der Waals surface area (Å²) in [6, 6.07) is 5.15. The van der Waals surface area contributed by atoms with Crippen molar-refractivity contribution in [2.45, 2.75) is 0 Å². The first-order valence-corrected chi connectivity index (χ1v) is 4.12. The first-order valence-electron chi connectivity index (χ1n) is 2.89. The molecule has 4 heteroatoms. The largest absolute Gasteiger partial charge is 0.351 e. The van der Waals surface area contributed by atoms with Crippen LogP contribution < -0.4 is 5.32 Å². The molecule has 0 saturated heterocycles. The van der Waals surface area contributed by atoms with Crippen molar-refractivity contribution in [3.63, 3.8) is 0 Å². The molecule has 1 aromatic rings. The molecular weight excluding hydrogens is 201 g/mol. The maximum absolute atomic E-state index is 5.79. The van der Waals surface area contributed by atoms with Crippen molar-refractivity contribution in [2.24, 2.45) is 0 Å². The molecule has 0 amide bonds. The van der Waals surface area contributed by atoms with Crippen molar-refractivity contribution in [3.8, 4) is 0 Å². The molecule has 0 aliphatic heterocycles. The van der Waals surface area contributed by atoms with Crippen LogP contribution >= 0.6 is 35.4 Å². The van der Waals surface area contributed by atoms with Crippen LogP contribution in [-0.2, 0) is 0 Å². The molecule has 0 fully saturated rings. The normalized spacial score (nSPS) is 9.27. The molecule has 1 N–H and O–H groups in total. The first kappa shape index (κ1) is 8.78. The summed E-state index contributed by atoms with van der Waals surface area (Å²) in [4.78, 5) is 0. The van der Waals surface area contributed by atoms with Gasteiger partial charge in [-0.1, -0.05) is 35.4 Å². The zero-order valence-electron chi connectivity index (χ0n) is 5.47. The minimum atomic E-state index is 0.607. The van der Waals surface area contributed by atoms with Crippen LogP contribution in [0, 0.1) is 0 Å². The lowest BCUT2D eigenvalue weighted by atomic mass is 10.3. The summed E-state index contributed by atoms with van der Waals surface area (Å²) < 4.78 is 0. The number of hydrogen-bond donors (Lipinski definition) is 1. The maximum Gasteiger partial charge on any atom is 0.0659 e. The molecular formula is C7H5Cl2NS. The lowest BCUT2D eigenvalue weighted by Gasteiger charge is -2.01.